The first-order chi connectivity index (χ1) is 6.22. The number of fused-ring (bicyclic) bond motifs is 1. The summed E-state index contributed by atoms with van der Waals surface area (Å²) in [6.07, 6.45) is 0. The van der Waals surface area contributed by atoms with Crippen molar-refractivity contribution in [1.29, 1.82) is 0 Å². The normalized spacial score (nSPS) is 10.9. The predicted molar refractivity (Wildman–Crippen MR) is 49.3 cm³/mol. The molecule has 13 heavy (non-hydrogen) atoms. The average molecular weight is 178 g/mol. The van der Waals surface area contributed by atoms with Crippen LogP contribution in [0, 0.1) is 6.92 Å². The van der Waals surface area contributed by atoms with Gasteiger partial charge >= 0.3 is 0 Å². The monoisotopic (exact) mass is 178 g/mol. The number of hydrogen-bond donors (Lipinski definition) is 3. The van der Waals surface area contributed by atoms with Crippen LogP contribution in [0.5, 0.6) is 0 Å². The lowest BCUT2D eigenvalue weighted by Crippen LogP contribution is -2.03. The molecule has 2 aromatic heterocycles. The molecule has 0 atom stereocenters. The van der Waals surface area contributed by atoms with E-state index in [-0.39, 0.29) is 5.56 Å². The van der Waals surface area contributed by atoms with Crippen LogP contribution in [0.15, 0.2) is 10.9 Å². The SMILES string of the molecule is Cc1nc2[nH][nH]c(=O)c2cc1CN. The largest absolute Gasteiger partial charge is 0.326 e. The van der Waals surface area contributed by atoms with Crippen molar-refractivity contribution in [3.63, 3.8) is 0 Å². The van der Waals surface area contributed by atoms with Gasteiger partial charge in [-0.1, -0.05) is 0 Å². The van der Waals surface area contributed by atoms with Crippen molar-refractivity contribution in [2.75, 3.05) is 0 Å². The Bertz CT molecular complexity index is 496. The van der Waals surface area contributed by atoms with E-state index >= 15 is 0 Å². The van der Waals surface area contributed by atoms with Crippen molar-refractivity contribution in [3.05, 3.63) is 27.7 Å². The van der Waals surface area contributed by atoms with Gasteiger partial charge in [0, 0.05) is 12.2 Å². The summed E-state index contributed by atoms with van der Waals surface area (Å²) in [6.45, 7) is 2.27. The maximum Gasteiger partial charge on any atom is 0.273 e. The second-order valence-electron chi connectivity index (χ2n) is 2.91. The van der Waals surface area contributed by atoms with Gasteiger partial charge < -0.3 is 5.73 Å². The summed E-state index contributed by atoms with van der Waals surface area (Å²) in [5.74, 6) is 0. The fraction of sp³-hybridized carbons (Fsp3) is 0.250. The van der Waals surface area contributed by atoms with Gasteiger partial charge in [0.1, 0.15) is 0 Å². The van der Waals surface area contributed by atoms with Gasteiger partial charge in [0.15, 0.2) is 5.65 Å². The van der Waals surface area contributed by atoms with E-state index in [1.807, 2.05) is 6.92 Å². The molecule has 0 saturated carbocycles. The Morgan fingerprint density at radius 1 is 1.54 bits per heavy atom. The summed E-state index contributed by atoms with van der Waals surface area (Å²) in [7, 11) is 0. The molecule has 0 amide bonds. The molecule has 2 heterocycles. The summed E-state index contributed by atoms with van der Waals surface area (Å²) in [4.78, 5) is 15.4. The second kappa shape index (κ2) is 2.70. The minimum atomic E-state index is -0.155. The molecule has 2 aromatic rings. The van der Waals surface area contributed by atoms with E-state index in [4.69, 9.17) is 5.73 Å². The molecule has 0 saturated heterocycles. The minimum Gasteiger partial charge on any atom is -0.326 e. The van der Waals surface area contributed by atoms with Crippen LogP contribution in [0.2, 0.25) is 0 Å². The summed E-state index contributed by atoms with van der Waals surface area (Å²) in [5.41, 5.74) is 7.68. The van der Waals surface area contributed by atoms with Crippen LogP contribution in [-0.2, 0) is 6.54 Å². The van der Waals surface area contributed by atoms with Gasteiger partial charge in [0.25, 0.3) is 5.56 Å². The zero-order valence-corrected chi connectivity index (χ0v) is 7.22. The first-order valence-corrected chi connectivity index (χ1v) is 3.99. The fourth-order valence-corrected chi connectivity index (χ4v) is 1.31. The summed E-state index contributed by atoms with van der Waals surface area (Å²) in [6, 6.07) is 1.77. The molecule has 4 N–H and O–H groups in total. The van der Waals surface area contributed by atoms with Crippen LogP contribution in [-0.4, -0.2) is 15.2 Å². The fourth-order valence-electron chi connectivity index (χ4n) is 1.31. The van der Waals surface area contributed by atoms with Crippen molar-refractivity contribution in [2.24, 2.45) is 5.73 Å². The highest BCUT2D eigenvalue weighted by atomic mass is 16.1. The molecular formula is C8H10N4O. The number of pyridine rings is 1. The van der Waals surface area contributed by atoms with Gasteiger partial charge in [-0.05, 0) is 18.6 Å². The topological polar surface area (TPSA) is 87.6 Å². The lowest BCUT2D eigenvalue weighted by molar-refractivity contribution is 1.01. The van der Waals surface area contributed by atoms with E-state index in [1.165, 1.54) is 0 Å². The lowest BCUT2D eigenvalue weighted by Gasteiger charge is -1.99. The van der Waals surface area contributed by atoms with E-state index in [0.29, 0.717) is 17.6 Å². The number of rotatable bonds is 1. The van der Waals surface area contributed by atoms with Gasteiger partial charge in [-0.3, -0.25) is 15.0 Å². The molecule has 68 valence electrons. The van der Waals surface area contributed by atoms with E-state index in [0.717, 1.165) is 11.3 Å². The molecule has 0 radical (unpaired) electrons. The quantitative estimate of drug-likeness (QED) is 0.575. The van der Waals surface area contributed by atoms with Crippen LogP contribution in [0.3, 0.4) is 0 Å². The Balaban J connectivity index is 2.84. The van der Waals surface area contributed by atoms with Gasteiger partial charge in [0.2, 0.25) is 0 Å². The van der Waals surface area contributed by atoms with Crippen LogP contribution >= 0.6 is 0 Å². The zero-order valence-electron chi connectivity index (χ0n) is 7.22. The molecule has 0 aliphatic heterocycles. The molecule has 0 aromatic carbocycles. The highest BCUT2D eigenvalue weighted by Gasteiger charge is 2.05. The third-order valence-electron chi connectivity index (χ3n) is 2.08. The number of aryl methyl sites for hydroxylation is 1. The van der Waals surface area contributed by atoms with Crippen molar-refractivity contribution in [2.45, 2.75) is 13.5 Å². The number of nitrogens with zero attached hydrogens (tertiary/aromatic N) is 1. The van der Waals surface area contributed by atoms with Crippen LogP contribution in [0.25, 0.3) is 11.0 Å². The number of hydrogen-bond acceptors (Lipinski definition) is 3. The van der Waals surface area contributed by atoms with Crippen molar-refractivity contribution >= 4 is 11.0 Å². The standard InChI is InChI=1S/C8H10N4O/c1-4-5(3-9)2-6-7(10-4)11-12-8(6)13/h2H,3,9H2,1H3,(H2,10,11,12,13). The minimum absolute atomic E-state index is 0.155. The molecule has 0 unspecified atom stereocenters. The lowest BCUT2D eigenvalue weighted by atomic mass is 10.2. The predicted octanol–water partition coefficient (Wildman–Crippen LogP) is 0.0183. The van der Waals surface area contributed by atoms with Crippen LogP contribution in [0.4, 0.5) is 0 Å². The van der Waals surface area contributed by atoms with Crippen molar-refractivity contribution in [1.82, 2.24) is 15.2 Å². The number of nitrogens with two attached hydrogens (primary N) is 1. The molecule has 0 aliphatic rings. The Kier molecular flexibility index (Phi) is 1.66. The third-order valence-corrected chi connectivity index (χ3v) is 2.08. The van der Waals surface area contributed by atoms with E-state index in [1.54, 1.807) is 6.07 Å². The maximum absolute atomic E-state index is 11.2. The molecule has 5 heteroatoms. The highest BCUT2D eigenvalue weighted by molar-refractivity contribution is 5.74. The van der Waals surface area contributed by atoms with E-state index < -0.39 is 0 Å². The van der Waals surface area contributed by atoms with Gasteiger partial charge in [-0.25, -0.2) is 4.98 Å². The summed E-state index contributed by atoms with van der Waals surface area (Å²) < 4.78 is 0. The van der Waals surface area contributed by atoms with Crippen LogP contribution in [0.1, 0.15) is 11.3 Å². The smallest absolute Gasteiger partial charge is 0.273 e. The first kappa shape index (κ1) is 8.00. The summed E-state index contributed by atoms with van der Waals surface area (Å²) >= 11 is 0. The number of aromatic amines is 2. The van der Waals surface area contributed by atoms with Gasteiger partial charge in [0.05, 0.1) is 5.39 Å². The number of aromatic nitrogens is 3. The molecule has 0 spiro atoms. The number of H-pyrrole nitrogens is 2. The van der Waals surface area contributed by atoms with Gasteiger partial charge in [-0.2, -0.15) is 0 Å². The molecule has 2 rings (SSSR count). The van der Waals surface area contributed by atoms with Gasteiger partial charge in [-0.15, -0.1) is 0 Å². The molecule has 5 nitrogen and oxygen atoms in total. The molecular weight excluding hydrogens is 168 g/mol. The zero-order chi connectivity index (χ0) is 9.42. The Hall–Kier alpha value is -1.62. The average Bonchev–Trinajstić information content (AvgIpc) is 2.46. The van der Waals surface area contributed by atoms with Crippen molar-refractivity contribution in [3.8, 4) is 0 Å². The summed E-state index contributed by atoms with van der Waals surface area (Å²) in [5, 5.41) is 5.72. The van der Waals surface area contributed by atoms with E-state index in [2.05, 4.69) is 15.2 Å². The first-order valence-electron chi connectivity index (χ1n) is 3.99. The Morgan fingerprint density at radius 2 is 2.31 bits per heavy atom. The highest BCUT2D eigenvalue weighted by Crippen LogP contribution is 2.10. The maximum atomic E-state index is 11.2. The van der Waals surface area contributed by atoms with E-state index in [9.17, 15) is 4.79 Å². The van der Waals surface area contributed by atoms with Crippen molar-refractivity contribution < 1.29 is 0 Å². The number of nitrogens with one attached hydrogen (secondary N) is 2. The molecule has 0 aliphatic carbocycles. The molecule has 0 bridgehead atoms. The Labute approximate surface area is 74.0 Å². The second-order valence-corrected chi connectivity index (χ2v) is 2.91. The molecule has 0 fully saturated rings. The van der Waals surface area contributed by atoms with Crippen LogP contribution < -0.4 is 11.3 Å². The Morgan fingerprint density at radius 3 is 3.00 bits per heavy atom. The third kappa shape index (κ3) is 1.13.